The van der Waals surface area contributed by atoms with Crippen LogP contribution >= 0.6 is 0 Å². The highest BCUT2D eigenvalue weighted by atomic mass is 16.6. The molecule has 39 heavy (non-hydrogen) atoms. The molecule has 2 aromatic rings. The summed E-state index contributed by atoms with van der Waals surface area (Å²) in [5, 5.41) is 19.4. The Labute approximate surface area is 230 Å². The highest BCUT2D eigenvalue weighted by Crippen LogP contribution is 2.20. The number of carbonyl (C=O) groups excluding carboxylic acids is 2. The van der Waals surface area contributed by atoms with Crippen molar-refractivity contribution in [1.29, 1.82) is 0 Å². The van der Waals surface area contributed by atoms with E-state index < -0.39 is 36.4 Å². The summed E-state index contributed by atoms with van der Waals surface area (Å²) in [4.78, 5) is 28.9. The summed E-state index contributed by atoms with van der Waals surface area (Å²) >= 11 is 0. The van der Waals surface area contributed by atoms with Crippen LogP contribution in [-0.2, 0) is 49.7 Å². The van der Waals surface area contributed by atoms with E-state index in [1.807, 2.05) is 24.3 Å². The zero-order chi connectivity index (χ0) is 27.8. The number of aliphatic hydroxyl groups is 2. The van der Waals surface area contributed by atoms with Crippen LogP contribution in [0.15, 0.2) is 48.5 Å². The van der Waals surface area contributed by atoms with Gasteiger partial charge in [-0.25, -0.2) is 9.59 Å². The van der Waals surface area contributed by atoms with Crippen molar-refractivity contribution in [2.75, 3.05) is 39.4 Å². The lowest BCUT2D eigenvalue weighted by molar-refractivity contribution is -0.167. The molecule has 4 rings (SSSR count). The SMILES string of the molecule is CC(O)C(=O)OC(COCC(CN1CCc2ccccc2C1)OC(=O)C(C)O)CN1CCc2ccccc2C1. The number of hydrogen-bond acceptors (Lipinski definition) is 9. The Hall–Kier alpha value is -2.82. The topological polar surface area (TPSA) is 109 Å². The van der Waals surface area contributed by atoms with Gasteiger partial charge in [0.15, 0.2) is 0 Å². The maximum atomic E-state index is 12.2. The fourth-order valence-corrected chi connectivity index (χ4v) is 5.10. The predicted molar refractivity (Wildman–Crippen MR) is 145 cm³/mol. The normalized spacial score (nSPS) is 18.8. The van der Waals surface area contributed by atoms with Gasteiger partial charge >= 0.3 is 11.9 Å². The molecule has 2 heterocycles. The molecule has 2 aliphatic heterocycles. The van der Waals surface area contributed by atoms with Crippen LogP contribution in [0.1, 0.15) is 36.1 Å². The minimum Gasteiger partial charge on any atom is -0.457 e. The number of nitrogens with zero attached hydrogens (tertiary/aromatic N) is 2. The second-order valence-electron chi connectivity index (χ2n) is 10.5. The molecule has 9 nitrogen and oxygen atoms in total. The van der Waals surface area contributed by atoms with Crippen molar-refractivity contribution < 1.29 is 34.0 Å². The third kappa shape index (κ3) is 8.58. The molecule has 0 aromatic heterocycles. The lowest BCUT2D eigenvalue weighted by Crippen LogP contribution is -2.44. The van der Waals surface area contributed by atoms with Crippen molar-refractivity contribution in [2.45, 2.75) is 64.2 Å². The van der Waals surface area contributed by atoms with E-state index in [-0.39, 0.29) is 13.2 Å². The molecule has 0 radical (unpaired) electrons. The Bertz CT molecular complexity index is 1020. The number of rotatable bonds is 12. The van der Waals surface area contributed by atoms with Gasteiger partial charge in [0, 0.05) is 39.3 Å². The van der Waals surface area contributed by atoms with Crippen LogP contribution in [0, 0.1) is 0 Å². The summed E-state index contributed by atoms with van der Waals surface area (Å²) in [6.45, 7) is 6.95. The molecule has 4 unspecified atom stereocenters. The molecule has 9 heteroatoms. The van der Waals surface area contributed by atoms with Crippen LogP contribution < -0.4 is 0 Å². The zero-order valence-electron chi connectivity index (χ0n) is 22.8. The van der Waals surface area contributed by atoms with Gasteiger partial charge in [0.25, 0.3) is 0 Å². The monoisotopic (exact) mass is 540 g/mol. The maximum absolute atomic E-state index is 12.2. The lowest BCUT2D eigenvalue weighted by atomic mass is 10.00. The third-order valence-electron chi connectivity index (χ3n) is 7.20. The Balaban J connectivity index is 1.36. The molecule has 4 atom stereocenters. The Morgan fingerprint density at radius 2 is 1.10 bits per heavy atom. The van der Waals surface area contributed by atoms with Crippen LogP contribution in [-0.4, -0.2) is 95.8 Å². The molecular formula is C30H40N2O7. The molecule has 2 N–H and O–H groups in total. The average molecular weight is 541 g/mol. The Kier molecular flexibility index (Phi) is 10.5. The Morgan fingerprint density at radius 3 is 1.49 bits per heavy atom. The number of fused-ring (bicyclic) bond motifs is 2. The second-order valence-corrected chi connectivity index (χ2v) is 10.5. The smallest absolute Gasteiger partial charge is 0.335 e. The minimum atomic E-state index is -1.24. The summed E-state index contributed by atoms with van der Waals surface area (Å²) in [5.41, 5.74) is 5.15. The molecule has 0 amide bonds. The number of benzene rings is 2. The van der Waals surface area contributed by atoms with Crippen LogP contribution in [0.3, 0.4) is 0 Å². The highest BCUT2D eigenvalue weighted by molar-refractivity contribution is 5.74. The third-order valence-corrected chi connectivity index (χ3v) is 7.20. The van der Waals surface area contributed by atoms with Crippen LogP contribution in [0.4, 0.5) is 0 Å². The van der Waals surface area contributed by atoms with Crippen LogP contribution in [0.2, 0.25) is 0 Å². The van der Waals surface area contributed by atoms with E-state index in [1.54, 1.807) is 0 Å². The first-order chi connectivity index (χ1) is 18.8. The van der Waals surface area contributed by atoms with Gasteiger partial charge in [-0.05, 0) is 48.9 Å². The summed E-state index contributed by atoms with van der Waals surface area (Å²) in [6, 6.07) is 16.6. The molecule has 212 valence electrons. The molecular weight excluding hydrogens is 500 g/mol. The molecule has 0 bridgehead atoms. The van der Waals surface area contributed by atoms with Crippen molar-refractivity contribution in [3.05, 3.63) is 70.8 Å². The van der Waals surface area contributed by atoms with E-state index >= 15 is 0 Å². The predicted octanol–water partition coefficient (Wildman–Crippen LogP) is 1.70. The molecule has 0 spiro atoms. The second kappa shape index (κ2) is 14.0. The van der Waals surface area contributed by atoms with Gasteiger partial charge in [-0.2, -0.15) is 0 Å². The molecule has 0 aliphatic carbocycles. The molecule has 0 saturated heterocycles. The van der Waals surface area contributed by atoms with E-state index in [0.717, 1.165) is 39.0 Å². The van der Waals surface area contributed by atoms with E-state index in [9.17, 15) is 19.8 Å². The quantitative estimate of drug-likeness (QED) is 0.389. The van der Waals surface area contributed by atoms with E-state index in [0.29, 0.717) is 13.1 Å². The van der Waals surface area contributed by atoms with E-state index in [1.165, 1.54) is 36.1 Å². The summed E-state index contributed by atoms with van der Waals surface area (Å²) in [5.74, 6) is -1.41. The lowest BCUT2D eigenvalue weighted by Gasteiger charge is -2.33. The number of aliphatic hydroxyl groups excluding tert-OH is 2. The van der Waals surface area contributed by atoms with Gasteiger partial charge in [0.2, 0.25) is 0 Å². The fourth-order valence-electron chi connectivity index (χ4n) is 5.10. The molecule has 2 aliphatic rings. The van der Waals surface area contributed by atoms with Crippen LogP contribution in [0.25, 0.3) is 0 Å². The van der Waals surface area contributed by atoms with Crippen molar-refractivity contribution in [3.8, 4) is 0 Å². The van der Waals surface area contributed by atoms with Gasteiger partial charge in [-0.1, -0.05) is 48.5 Å². The summed E-state index contributed by atoms with van der Waals surface area (Å²) in [7, 11) is 0. The van der Waals surface area contributed by atoms with E-state index in [4.69, 9.17) is 14.2 Å². The summed E-state index contributed by atoms with van der Waals surface area (Å²) < 4.78 is 17.1. The van der Waals surface area contributed by atoms with Gasteiger partial charge in [-0.3, -0.25) is 9.80 Å². The van der Waals surface area contributed by atoms with Crippen LogP contribution in [0.5, 0.6) is 0 Å². The number of ether oxygens (including phenoxy) is 3. The van der Waals surface area contributed by atoms with E-state index in [2.05, 4.69) is 34.1 Å². The molecule has 0 fully saturated rings. The van der Waals surface area contributed by atoms with Gasteiger partial charge in [-0.15, -0.1) is 0 Å². The van der Waals surface area contributed by atoms with Crippen molar-refractivity contribution in [1.82, 2.24) is 9.80 Å². The minimum absolute atomic E-state index is 0.0855. The standard InChI is InChI=1S/C30H40N2O7/c1-21(33)29(35)38-27(17-31-13-11-23-7-3-5-9-25(23)15-31)19-37-20-28(39-30(36)22(2)34)18-32-14-12-24-8-4-6-10-26(24)16-32/h3-10,21-22,27-28,33-34H,11-20H2,1-2H3. The molecule has 2 aromatic carbocycles. The zero-order valence-corrected chi connectivity index (χ0v) is 22.8. The largest absolute Gasteiger partial charge is 0.457 e. The first-order valence-electron chi connectivity index (χ1n) is 13.7. The highest BCUT2D eigenvalue weighted by Gasteiger charge is 2.27. The van der Waals surface area contributed by atoms with Crippen molar-refractivity contribution in [3.63, 3.8) is 0 Å². The van der Waals surface area contributed by atoms with Gasteiger partial charge < -0.3 is 24.4 Å². The first-order valence-corrected chi connectivity index (χ1v) is 13.7. The van der Waals surface area contributed by atoms with Crippen molar-refractivity contribution in [2.24, 2.45) is 0 Å². The number of esters is 2. The molecule has 0 saturated carbocycles. The van der Waals surface area contributed by atoms with Gasteiger partial charge in [0.05, 0.1) is 13.2 Å². The Morgan fingerprint density at radius 1 is 0.718 bits per heavy atom. The summed E-state index contributed by atoms with van der Waals surface area (Å²) in [6.07, 6.45) is -1.87. The average Bonchev–Trinajstić information content (AvgIpc) is 2.92. The maximum Gasteiger partial charge on any atom is 0.335 e. The number of carbonyl (C=O) groups is 2. The first kappa shape index (κ1) is 29.2. The number of hydrogen-bond donors (Lipinski definition) is 2. The van der Waals surface area contributed by atoms with Gasteiger partial charge in [0.1, 0.15) is 24.4 Å². The fraction of sp³-hybridized carbons (Fsp3) is 0.533. The van der Waals surface area contributed by atoms with Crippen molar-refractivity contribution >= 4 is 11.9 Å².